The maximum Gasteiger partial charge on any atom is 0.157 e. The molecule has 5 rings (SSSR count). The lowest BCUT2D eigenvalue weighted by atomic mass is 9.76. The van der Waals surface area contributed by atoms with E-state index in [1.807, 2.05) is 12.4 Å². The fourth-order valence-corrected chi connectivity index (χ4v) is 6.81. The number of aliphatic imine (C=N–C) groups is 1. The maximum absolute atomic E-state index is 6.38. The molecule has 0 saturated carbocycles. The summed E-state index contributed by atoms with van der Waals surface area (Å²) in [5.74, 6) is 0.766. The minimum absolute atomic E-state index is 0.0482. The molecule has 1 unspecified atom stereocenters. The number of allylic oxidation sites excluding steroid dienone is 1. The van der Waals surface area contributed by atoms with E-state index in [4.69, 9.17) is 22.2 Å². The first-order valence-corrected chi connectivity index (χ1v) is 14.5. The third kappa shape index (κ3) is 4.66. The Morgan fingerprint density at radius 3 is 2.39 bits per heavy atom. The number of piperidine rings is 1. The van der Waals surface area contributed by atoms with Crippen LogP contribution in [0.2, 0.25) is 0 Å². The van der Waals surface area contributed by atoms with Crippen LogP contribution in [-0.2, 0) is 11.0 Å². The van der Waals surface area contributed by atoms with Crippen molar-refractivity contribution in [3.05, 3.63) is 47.0 Å². The van der Waals surface area contributed by atoms with Crippen molar-refractivity contribution in [3.8, 4) is 10.6 Å². The number of anilines is 1. The topological polar surface area (TPSA) is 35.0 Å². The molecule has 0 N–H and O–H groups in total. The van der Waals surface area contributed by atoms with Crippen molar-refractivity contribution in [1.29, 1.82) is 0 Å². The van der Waals surface area contributed by atoms with Gasteiger partial charge in [-0.25, -0.2) is 4.98 Å². The Kier molecular flexibility index (Phi) is 7.09. The summed E-state index contributed by atoms with van der Waals surface area (Å²) in [5, 5.41) is 3.14. The zero-order valence-electron chi connectivity index (χ0n) is 22.3. The minimum atomic E-state index is -0.702. The molecule has 1 atom stereocenters. The number of thiocarbonyl (C=S) groups is 1. The molecule has 3 aliphatic rings. The first-order valence-electron chi connectivity index (χ1n) is 13.2. The third-order valence-corrected chi connectivity index (χ3v) is 9.32. The molecule has 4 heterocycles. The summed E-state index contributed by atoms with van der Waals surface area (Å²) in [7, 11) is 2.19. The molecule has 0 aliphatic carbocycles. The van der Waals surface area contributed by atoms with Gasteiger partial charge < -0.3 is 14.7 Å². The number of likely N-dealkylation sites (N-methyl/N-ethyl adjacent to an activating group) is 1. The van der Waals surface area contributed by atoms with Gasteiger partial charge in [-0.2, -0.15) is 0 Å². The van der Waals surface area contributed by atoms with Crippen molar-refractivity contribution in [3.63, 3.8) is 0 Å². The summed E-state index contributed by atoms with van der Waals surface area (Å²) < 4.78 is 0. The van der Waals surface area contributed by atoms with Gasteiger partial charge >= 0.3 is 0 Å². The maximum atomic E-state index is 6.38. The molecule has 1 aromatic carbocycles. The number of nitrogens with zero attached hydrogens (tertiary/aromatic N) is 5. The summed E-state index contributed by atoms with van der Waals surface area (Å²) in [4.78, 5) is 18.3. The number of aromatic nitrogens is 1. The van der Waals surface area contributed by atoms with Crippen LogP contribution < -0.4 is 4.90 Å². The molecule has 2 aromatic rings. The zero-order valence-corrected chi connectivity index (χ0v) is 24.0. The Labute approximate surface area is 225 Å². The highest BCUT2D eigenvalue weighted by atomic mass is 32.1. The number of hydrogen-bond donors (Lipinski definition) is 0. The van der Waals surface area contributed by atoms with Gasteiger partial charge in [-0.3, -0.25) is 4.99 Å². The van der Waals surface area contributed by atoms with E-state index in [1.54, 1.807) is 11.3 Å². The molecule has 0 bridgehead atoms. The van der Waals surface area contributed by atoms with E-state index in [9.17, 15) is 0 Å². The standard InChI is InChI=1S/C29H39N5S2/c1-21-9-14-33(15-10-21)23-8-7-22(28(2,3)4)24(26-30-13-20-36-26)25(23)29(11-6-12-31-29)27(35)34-18-16-32(5)17-19-34/h6-8,11-13,20-21H,9-10,14-19H2,1-5H3. The normalized spacial score (nSPS) is 23.6. The van der Waals surface area contributed by atoms with Crippen molar-refractivity contribution >= 4 is 40.4 Å². The summed E-state index contributed by atoms with van der Waals surface area (Å²) >= 11 is 8.09. The fourth-order valence-electron chi connectivity index (χ4n) is 5.70. The van der Waals surface area contributed by atoms with Crippen molar-refractivity contribution in [2.75, 3.05) is 51.2 Å². The van der Waals surface area contributed by atoms with Crippen LogP contribution >= 0.6 is 23.6 Å². The van der Waals surface area contributed by atoms with E-state index in [1.165, 1.54) is 35.2 Å². The van der Waals surface area contributed by atoms with Gasteiger partial charge in [0.2, 0.25) is 0 Å². The Hall–Kier alpha value is -2.09. The lowest BCUT2D eigenvalue weighted by Crippen LogP contribution is -2.52. The van der Waals surface area contributed by atoms with Crippen molar-refractivity contribution in [2.24, 2.45) is 10.9 Å². The van der Waals surface area contributed by atoms with E-state index >= 15 is 0 Å². The van der Waals surface area contributed by atoms with Crippen LogP contribution in [0.5, 0.6) is 0 Å². The zero-order chi connectivity index (χ0) is 25.5. The number of piperazine rings is 1. The molecular formula is C29H39N5S2. The number of thiazole rings is 1. The van der Waals surface area contributed by atoms with E-state index in [0.29, 0.717) is 0 Å². The monoisotopic (exact) mass is 521 g/mol. The average molecular weight is 522 g/mol. The Balaban J connectivity index is 1.76. The summed E-state index contributed by atoms with van der Waals surface area (Å²) in [5.41, 5.74) is 4.25. The Bertz CT molecular complexity index is 1130. The molecule has 2 fully saturated rings. The van der Waals surface area contributed by atoms with Crippen LogP contribution in [0.15, 0.2) is 40.9 Å². The van der Waals surface area contributed by atoms with Crippen LogP contribution in [-0.4, -0.2) is 72.3 Å². The fraction of sp³-hybridized carbons (Fsp3) is 0.552. The van der Waals surface area contributed by atoms with Crippen LogP contribution in [0.1, 0.15) is 51.7 Å². The number of rotatable bonds is 4. The highest BCUT2D eigenvalue weighted by molar-refractivity contribution is 7.80. The molecule has 1 aromatic heterocycles. The van der Waals surface area contributed by atoms with Gasteiger partial charge in [0.15, 0.2) is 5.54 Å². The second-order valence-electron chi connectivity index (χ2n) is 11.6. The molecule has 3 aliphatic heterocycles. The van der Waals surface area contributed by atoms with Crippen LogP contribution in [0.25, 0.3) is 10.6 Å². The molecule has 192 valence electrons. The van der Waals surface area contributed by atoms with Gasteiger partial charge in [-0.1, -0.05) is 46.0 Å². The summed E-state index contributed by atoms with van der Waals surface area (Å²) in [6.07, 6.45) is 10.6. The van der Waals surface area contributed by atoms with E-state index < -0.39 is 5.54 Å². The second-order valence-corrected chi connectivity index (χ2v) is 12.9. The van der Waals surface area contributed by atoms with E-state index in [-0.39, 0.29) is 5.41 Å². The molecule has 0 radical (unpaired) electrons. The predicted molar refractivity (Wildman–Crippen MR) is 158 cm³/mol. The third-order valence-electron chi connectivity index (χ3n) is 7.96. The van der Waals surface area contributed by atoms with Gasteiger partial charge in [-0.05, 0) is 55.0 Å². The quantitative estimate of drug-likeness (QED) is 0.479. The molecule has 5 nitrogen and oxygen atoms in total. The van der Waals surface area contributed by atoms with Crippen LogP contribution in [0.3, 0.4) is 0 Å². The second kappa shape index (κ2) is 9.99. The summed E-state index contributed by atoms with van der Waals surface area (Å²) in [6, 6.07) is 4.68. The molecule has 7 heteroatoms. The molecule has 0 amide bonds. The van der Waals surface area contributed by atoms with Gasteiger partial charge in [-0.15, -0.1) is 11.3 Å². The smallest absolute Gasteiger partial charge is 0.157 e. The summed E-state index contributed by atoms with van der Waals surface area (Å²) in [6.45, 7) is 15.3. The Morgan fingerprint density at radius 1 is 1.08 bits per heavy atom. The predicted octanol–water partition coefficient (Wildman–Crippen LogP) is 5.75. The Morgan fingerprint density at radius 2 is 1.81 bits per heavy atom. The number of hydrogen-bond acceptors (Lipinski definition) is 6. The first-order chi connectivity index (χ1) is 17.2. The lowest BCUT2D eigenvalue weighted by molar-refractivity contribution is 0.212. The van der Waals surface area contributed by atoms with E-state index in [0.717, 1.165) is 55.2 Å². The van der Waals surface area contributed by atoms with Crippen molar-refractivity contribution in [1.82, 2.24) is 14.8 Å². The molecule has 0 spiro atoms. The highest BCUT2D eigenvalue weighted by Gasteiger charge is 2.45. The first kappa shape index (κ1) is 25.6. The van der Waals surface area contributed by atoms with Gasteiger partial charge in [0.25, 0.3) is 0 Å². The van der Waals surface area contributed by atoms with Gasteiger partial charge in [0.05, 0.1) is 0 Å². The number of benzene rings is 1. The molecule has 2 saturated heterocycles. The van der Waals surface area contributed by atoms with Gasteiger partial charge in [0.1, 0.15) is 10.00 Å². The minimum Gasteiger partial charge on any atom is -0.371 e. The lowest BCUT2D eigenvalue weighted by Gasteiger charge is -2.43. The SMILES string of the molecule is CC1CCN(c2ccc(C(C)(C)C)c(-c3nccs3)c2C2(C(=S)N3CCN(C)CC3)C=CC=N2)CC1. The average Bonchev–Trinajstić information content (AvgIpc) is 3.56. The van der Waals surface area contributed by atoms with Crippen LogP contribution in [0, 0.1) is 5.92 Å². The highest BCUT2D eigenvalue weighted by Crippen LogP contribution is 2.49. The van der Waals surface area contributed by atoms with Gasteiger partial charge in [0, 0.05) is 73.9 Å². The molecule has 36 heavy (non-hydrogen) atoms. The molecular weight excluding hydrogens is 482 g/mol. The van der Waals surface area contributed by atoms with Crippen molar-refractivity contribution in [2.45, 2.75) is 51.5 Å². The van der Waals surface area contributed by atoms with Crippen LogP contribution in [0.4, 0.5) is 5.69 Å². The van der Waals surface area contributed by atoms with Crippen molar-refractivity contribution < 1.29 is 0 Å². The van der Waals surface area contributed by atoms with E-state index in [2.05, 4.69) is 79.1 Å². The largest absolute Gasteiger partial charge is 0.371 e.